The van der Waals surface area contributed by atoms with Crippen molar-refractivity contribution in [1.29, 1.82) is 0 Å². The minimum atomic E-state index is 0.151. The lowest BCUT2D eigenvalue weighted by Gasteiger charge is -2.23. The molecule has 1 atom stereocenters. The van der Waals surface area contributed by atoms with E-state index in [-0.39, 0.29) is 6.04 Å². The van der Waals surface area contributed by atoms with Gasteiger partial charge in [0.2, 0.25) is 0 Å². The normalized spacial score (nSPS) is 15.6. The third-order valence-electron chi connectivity index (χ3n) is 10.0. The fourth-order valence-corrected chi connectivity index (χ4v) is 7.79. The van der Waals surface area contributed by atoms with E-state index in [0.717, 1.165) is 29.9 Å². The Hall–Kier alpha value is -6.02. The molecule has 1 unspecified atom stereocenters. The van der Waals surface area contributed by atoms with Gasteiger partial charge in [-0.2, -0.15) is 0 Å². The first-order valence-electron chi connectivity index (χ1n) is 17.5. The molecule has 1 N–H and O–H groups in total. The van der Waals surface area contributed by atoms with E-state index < -0.39 is 0 Å². The summed E-state index contributed by atoms with van der Waals surface area (Å²) in [4.78, 5) is 0. The minimum absolute atomic E-state index is 0.151. The average Bonchev–Trinajstić information content (AvgIpc) is 3.90. The van der Waals surface area contributed by atoms with Gasteiger partial charge in [0.15, 0.2) is 0 Å². The van der Waals surface area contributed by atoms with Crippen molar-refractivity contribution in [2.75, 3.05) is 5.32 Å². The number of rotatable bonds is 4. The molecule has 0 amide bonds. The van der Waals surface area contributed by atoms with Crippen LogP contribution in [0.15, 0.2) is 145 Å². The van der Waals surface area contributed by atoms with Gasteiger partial charge in [0.1, 0.15) is 0 Å². The Kier molecular flexibility index (Phi) is 7.08. The summed E-state index contributed by atoms with van der Waals surface area (Å²) in [5.41, 5.74) is 18.2. The molecule has 1 aliphatic heterocycles. The van der Waals surface area contributed by atoms with E-state index in [1.165, 1.54) is 66.2 Å². The van der Waals surface area contributed by atoms with Crippen LogP contribution in [0.1, 0.15) is 48.7 Å². The SMILES string of the molecule is C1=CC=CC=1n1c2c(c3cc(-c4ccc5c(c4)c4ccccc4n5-c4ccc5c(c4)NC(c4ccccc4)C=C5)ccc31)C=CCC2.CC. The fraction of sp³-hybridized carbons (Fsp3) is 0.109. The summed E-state index contributed by atoms with van der Waals surface area (Å²) in [5, 5.41) is 7.60. The van der Waals surface area contributed by atoms with Crippen LogP contribution < -0.4 is 5.32 Å². The van der Waals surface area contributed by atoms with E-state index in [2.05, 4.69) is 166 Å². The second-order valence-corrected chi connectivity index (χ2v) is 12.7. The van der Waals surface area contributed by atoms with Gasteiger partial charge in [-0.3, -0.25) is 0 Å². The minimum Gasteiger partial charge on any atom is -0.374 e. The highest BCUT2D eigenvalue weighted by molar-refractivity contribution is 6.11. The molecule has 3 heteroatoms. The molecular weight excluding hydrogens is 595 g/mol. The summed E-state index contributed by atoms with van der Waals surface area (Å²) in [7, 11) is 0. The molecule has 0 bridgehead atoms. The molecule has 0 saturated heterocycles. The van der Waals surface area contributed by atoms with Gasteiger partial charge >= 0.3 is 0 Å². The Morgan fingerprint density at radius 2 is 1.43 bits per heavy atom. The molecule has 0 radical (unpaired) electrons. The highest BCUT2D eigenvalue weighted by atomic mass is 15.0. The van der Waals surface area contributed by atoms with E-state index in [0.29, 0.717) is 0 Å². The Balaban J connectivity index is 0.00000160. The standard InChI is InChI=1S/C44H31N3.C2H6/c1-2-10-29(11-3-1)39-23-19-30-18-22-34(28-40(30)45-39)47-42-17-9-7-15-36(42)38-27-32(21-25-44(38)47)31-20-24-43-37(26-31)35-14-6-8-16-41(35)46(43)33-12-4-5-13-33;1-2/h1-7,9-12,14-15,17-28,39,45H,8,16H2;1-2H3. The number of allylic oxidation sites excluding steroid dienone is 4. The number of hydrogen-bond donors (Lipinski definition) is 1. The number of fused-ring (bicyclic) bond motifs is 7. The predicted octanol–water partition coefficient (Wildman–Crippen LogP) is 12.1. The van der Waals surface area contributed by atoms with Crippen LogP contribution in [0.25, 0.3) is 67.4 Å². The van der Waals surface area contributed by atoms with Crippen molar-refractivity contribution in [2.24, 2.45) is 0 Å². The summed E-state index contributed by atoms with van der Waals surface area (Å²) < 4.78 is 4.81. The molecule has 2 aromatic heterocycles. The highest BCUT2D eigenvalue weighted by Gasteiger charge is 2.21. The molecule has 49 heavy (non-hydrogen) atoms. The van der Waals surface area contributed by atoms with Gasteiger partial charge in [-0.25, -0.2) is 0 Å². The molecule has 0 fully saturated rings. The summed E-state index contributed by atoms with van der Waals surface area (Å²) in [6.07, 6.45) is 17.5. The maximum absolute atomic E-state index is 3.78. The number of anilines is 1. The van der Waals surface area contributed by atoms with Crippen molar-refractivity contribution < 1.29 is 0 Å². The first-order chi connectivity index (χ1) is 24.3. The van der Waals surface area contributed by atoms with Crippen molar-refractivity contribution >= 4 is 56.2 Å². The van der Waals surface area contributed by atoms with Crippen LogP contribution in [0.5, 0.6) is 0 Å². The van der Waals surface area contributed by atoms with Crippen LogP contribution in [0.2, 0.25) is 0 Å². The lowest BCUT2D eigenvalue weighted by Crippen LogP contribution is -2.12. The number of para-hydroxylation sites is 1. The van der Waals surface area contributed by atoms with Gasteiger partial charge in [0, 0.05) is 38.8 Å². The third-order valence-corrected chi connectivity index (χ3v) is 10.0. The maximum Gasteiger partial charge on any atom is 0.0888 e. The zero-order valence-corrected chi connectivity index (χ0v) is 27.8. The second kappa shape index (κ2) is 11.9. The van der Waals surface area contributed by atoms with Crippen molar-refractivity contribution in [2.45, 2.75) is 32.7 Å². The average molecular weight is 632 g/mol. The Labute approximate surface area is 287 Å². The van der Waals surface area contributed by atoms with Crippen LogP contribution in [-0.2, 0) is 6.42 Å². The zero-order valence-electron chi connectivity index (χ0n) is 27.8. The molecule has 10 rings (SSSR count). The summed E-state index contributed by atoms with van der Waals surface area (Å²) in [6, 6.07) is 40.3. The van der Waals surface area contributed by atoms with Crippen molar-refractivity contribution in [1.82, 2.24) is 9.13 Å². The van der Waals surface area contributed by atoms with Crippen molar-refractivity contribution in [3.63, 3.8) is 0 Å². The topological polar surface area (TPSA) is 21.9 Å². The molecule has 3 nitrogen and oxygen atoms in total. The van der Waals surface area contributed by atoms with Gasteiger partial charge in [0.05, 0.1) is 28.3 Å². The summed E-state index contributed by atoms with van der Waals surface area (Å²) >= 11 is 0. The Morgan fingerprint density at radius 1 is 0.673 bits per heavy atom. The Morgan fingerprint density at radius 3 is 2.24 bits per heavy atom. The second-order valence-electron chi connectivity index (χ2n) is 12.7. The van der Waals surface area contributed by atoms with Crippen LogP contribution in [0.4, 0.5) is 5.69 Å². The van der Waals surface area contributed by atoms with Crippen LogP contribution in [-0.4, -0.2) is 9.13 Å². The van der Waals surface area contributed by atoms with Crippen LogP contribution in [0.3, 0.4) is 0 Å². The maximum atomic E-state index is 3.78. The monoisotopic (exact) mass is 631 g/mol. The van der Waals surface area contributed by atoms with Gasteiger partial charge in [-0.05, 0) is 89.7 Å². The van der Waals surface area contributed by atoms with Gasteiger partial charge < -0.3 is 14.5 Å². The first kappa shape index (κ1) is 29.1. The molecule has 0 spiro atoms. The van der Waals surface area contributed by atoms with E-state index in [9.17, 15) is 0 Å². The molecule has 5 aromatic carbocycles. The van der Waals surface area contributed by atoms with E-state index >= 15 is 0 Å². The molecule has 3 aliphatic rings. The Bertz CT molecular complexity index is 2580. The van der Waals surface area contributed by atoms with Gasteiger partial charge in [0.25, 0.3) is 0 Å². The number of nitrogens with one attached hydrogen (secondary N) is 1. The lowest BCUT2D eigenvalue weighted by atomic mass is 9.98. The molecule has 236 valence electrons. The van der Waals surface area contributed by atoms with Crippen LogP contribution >= 0.6 is 0 Å². The number of hydrogen-bond acceptors (Lipinski definition) is 1. The summed E-state index contributed by atoms with van der Waals surface area (Å²) in [6.45, 7) is 4.00. The third kappa shape index (κ3) is 4.74. The molecule has 3 heterocycles. The quantitative estimate of drug-likeness (QED) is 0.192. The van der Waals surface area contributed by atoms with E-state index in [4.69, 9.17) is 0 Å². The number of aromatic nitrogens is 2. The first-order valence-corrected chi connectivity index (χ1v) is 17.5. The molecular formula is C46H37N3. The number of benzene rings is 5. The summed E-state index contributed by atoms with van der Waals surface area (Å²) in [5.74, 6) is 0. The van der Waals surface area contributed by atoms with E-state index in [1.54, 1.807) is 0 Å². The number of nitrogens with zero attached hydrogens (tertiary/aromatic N) is 2. The smallest absolute Gasteiger partial charge is 0.0888 e. The van der Waals surface area contributed by atoms with Crippen molar-refractivity contribution in [3.8, 4) is 16.8 Å². The molecule has 0 saturated carbocycles. The predicted molar refractivity (Wildman–Crippen MR) is 209 cm³/mol. The van der Waals surface area contributed by atoms with E-state index in [1.807, 2.05) is 19.9 Å². The van der Waals surface area contributed by atoms with Crippen molar-refractivity contribution in [3.05, 3.63) is 168 Å². The lowest BCUT2D eigenvalue weighted by molar-refractivity contribution is 0.902. The van der Waals surface area contributed by atoms with Gasteiger partial charge in [-0.15, -0.1) is 0 Å². The largest absolute Gasteiger partial charge is 0.374 e. The van der Waals surface area contributed by atoms with Crippen LogP contribution in [0, 0.1) is 0 Å². The van der Waals surface area contributed by atoms with Gasteiger partial charge in [-0.1, -0.05) is 117 Å². The zero-order chi connectivity index (χ0) is 32.9. The highest BCUT2D eigenvalue weighted by Crippen LogP contribution is 2.40. The molecule has 7 aromatic rings. The fourth-order valence-electron chi connectivity index (χ4n) is 7.79. The molecule has 2 aliphatic carbocycles.